The van der Waals surface area contributed by atoms with Crippen LogP contribution in [0.1, 0.15) is 49.1 Å². The van der Waals surface area contributed by atoms with Gasteiger partial charge in [-0.3, -0.25) is 4.79 Å². The highest BCUT2D eigenvalue weighted by molar-refractivity contribution is 5.91. The van der Waals surface area contributed by atoms with E-state index in [1.807, 2.05) is 4.90 Å². The highest BCUT2D eigenvalue weighted by atomic mass is 16.3. The second kappa shape index (κ2) is 7.53. The summed E-state index contributed by atoms with van der Waals surface area (Å²) in [4.78, 5) is 28.1. The molecule has 1 aromatic rings. The van der Waals surface area contributed by atoms with Crippen molar-refractivity contribution in [1.29, 1.82) is 0 Å². The van der Waals surface area contributed by atoms with Crippen LogP contribution in [0.3, 0.4) is 0 Å². The third-order valence-electron chi connectivity index (χ3n) is 4.77. The van der Waals surface area contributed by atoms with Crippen molar-refractivity contribution in [3.8, 4) is 0 Å². The number of urea groups is 1. The summed E-state index contributed by atoms with van der Waals surface area (Å²) in [6, 6.07) is 3.71. The summed E-state index contributed by atoms with van der Waals surface area (Å²) in [5.41, 5.74) is 0. The fourth-order valence-corrected chi connectivity index (χ4v) is 3.36. The molecule has 0 spiro atoms. The number of nitrogens with zero attached hydrogens (tertiary/aromatic N) is 2. The Bertz CT molecular complexity index is 513. The molecule has 6 nitrogen and oxygen atoms in total. The summed E-state index contributed by atoms with van der Waals surface area (Å²) < 4.78 is 5.15. The smallest absolute Gasteiger partial charge is 0.317 e. The molecule has 2 heterocycles. The highest BCUT2D eigenvalue weighted by Gasteiger charge is 2.27. The zero-order valence-corrected chi connectivity index (χ0v) is 13.5. The number of hydrogen-bond donors (Lipinski definition) is 1. The van der Waals surface area contributed by atoms with Crippen LogP contribution < -0.4 is 5.32 Å². The molecule has 1 N–H and O–H groups in total. The van der Waals surface area contributed by atoms with E-state index in [4.69, 9.17) is 4.42 Å². The van der Waals surface area contributed by atoms with E-state index in [9.17, 15) is 9.59 Å². The molecule has 0 radical (unpaired) electrons. The van der Waals surface area contributed by atoms with E-state index in [1.165, 1.54) is 31.9 Å². The Morgan fingerprint density at radius 3 is 2.26 bits per heavy atom. The minimum absolute atomic E-state index is 0.0157. The Kier molecular flexibility index (Phi) is 5.20. The Morgan fingerprint density at radius 2 is 1.65 bits per heavy atom. The van der Waals surface area contributed by atoms with Crippen molar-refractivity contribution in [2.45, 2.75) is 44.6 Å². The van der Waals surface area contributed by atoms with Gasteiger partial charge in [-0.15, -0.1) is 0 Å². The highest BCUT2D eigenvalue weighted by Crippen LogP contribution is 2.17. The third kappa shape index (κ3) is 4.06. The van der Waals surface area contributed by atoms with Gasteiger partial charge in [0.25, 0.3) is 5.91 Å². The maximum absolute atomic E-state index is 12.4. The van der Waals surface area contributed by atoms with Crippen LogP contribution in [0.5, 0.6) is 0 Å². The average Bonchev–Trinajstić information content (AvgIpc) is 3.00. The molecule has 3 amide bonds. The predicted octanol–water partition coefficient (Wildman–Crippen LogP) is 2.47. The first-order valence-electron chi connectivity index (χ1n) is 8.62. The lowest BCUT2D eigenvalue weighted by atomic mass is 10.1. The molecule has 126 valence electrons. The number of furan rings is 1. The number of rotatable bonds is 2. The van der Waals surface area contributed by atoms with Crippen molar-refractivity contribution in [3.05, 3.63) is 24.2 Å². The first-order chi connectivity index (χ1) is 11.2. The second-order valence-electron chi connectivity index (χ2n) is 6.39. The Morgan fingerprint density at radius 1 is 1.00 bits per heavy atom. The van der Waals surface area contributed by atoms with Crippen molar-refractivity contribution in [2.24, 2.45) is 0 Å². The lowest BCUT2D eigenvalue weighted by Gasteiger charge is -2.35. The fourth-order valence-electron chi connectivity index (χ4n) is 3.36. The standard InChI is InChI=1S/C17H25N3O3/c21-16(15-8-5-13-23-15)19-9-11-20(12-10-19)17(22)18-14-6-3-1-2-4-7-14/h5,8,13-14H,1-4,6-7,9-12H2,(H,18,22). The molecule has 0 atom stereocenters. The minimum Gasteiger partial charge on any atom is -0.459 e. The van der Waals surface area contributed by atoms with Gasteiger partial charge in [0.15, 0.2) is 5.76 Å². The molecule has 1 aliphatic carbocycles. The molecule has 1 saturated carbocycles. The Hall–Kier alpha value is -1.98. The summed E-state index contributed by atoms with van der Waals surface area (Å²) in [7, 11) is 0. The maximum atomic E-state index is 12.4. The van der Waals surface area contributed by atoms with Crippen LogP contribution in [-0.2, 0) is 0 Å². The zero-order valence-electron chi connectivity index (χ0n) is 13.5. The van der Waals surface area contributed by atoms with E-state index < -0.39 is 0 Å². The van der Waals surface area contributed by atoms with Crippen LogP contribution in [0, 0.1) is 0 Å². The monoisotopic (exact) mass is 319 g/mol. The SMILES string of the molecule is O=C(NC1CCCCCC1)N1CCN(C(=O)c2ccco2)CC1. The molecular weight excluding hydrogens is 294 g/mol. The van der Waals surface area contributed by atoms with E-state index >= 15 is 0 Å². The van der Waals surface area contributed by atoms with Crippen molar-refractivity contribution >= 4 is 11.9 Å². The van der Waals surface area contributed by atoms with Gasteiger partial charge in [0.2, 0.25) is 0 Å². The number of nitrogens with one attached hydrogen (secondary N) is 1. The summed E-state index contributed by atoms with van der Waals surface area (Å²) in [6.07, 6.45) is 8.64. The minimum atomic E-state index is -0.0983. The molecule has 23 heavy (non-hydrogen) atoms. The van der Waals surface area contributed by atoms with Crippen LogP contribution in [0.2, 0.25) is 0 Å². The molecule has 3 rings (SSSR count). The van der Waals surface area contributed by atoms with E-state index in [2.05, 4.69) is 5.32 Å². The summed E-state index contributed by atoms with van der Waals surface area (Å²) >= 11 is 0. The van der Waals surface area contributed by atoms with Crippen molar-refractivity contribution in [2.75, 3.05) is 26.2 Å². The van der Waals surface area contributed by atoms with Gasteiger partial charge in [0.1, 0.15) is 0 Å². The van der Waals surface area contributed by atoms with Gasteiger partial charge in [0, 0.05) is 32.2 Å². The van der Waals surface area contributed by atoms with E-state index in [-0.39, 0.29) is 11.9 Å². The molecule has 1 aliphatic heterocycles. The number of piperazine rings is 1. The number of amides is 3. The van der Waals surface area contributed by atoms with Crippen molar-refractivity contribution < 1.29 is 14.0 Å². The van der Waals surface area contributed by atoms with Gasteiger partial charge >= 0.3 is 6.03 Å². The van der Waals surface area contributed by atoms with Crippen LogP contribution in [0.15, 0.2) is 22.8 Å². The van der Waals surface area contributed by atoms with Gasteiger partial charge in [-0.2, -0.15) is 0 Å². The predicted molar refractivity (Wildman–Crippen MR) is 86.2 cm³/mol. The second-order valence-corrected chi connectivity index (χ2v) is 6.39. The van der Waals surface area contributed by atoms with Crippen LogP contribution in [-0.4, -0.2) is 54.0 Å². The number of carbonyl (C=O) groups is 2. The molecule has 2 fully saturated rings. The number of hydrogen-bond acceptors (Lipinski definition) is 3. The first kappa shape index (κ1) is 15.9. The normalized spacial score (nSPS) is 20.2. The zero-order chi connectivity index (χ0) is 16.1. The molecule has 1 saturated heterocycles. The summed E-state index contributed by atoms with van der Waals surface area (Å²) in [5.74, 6) is 0.264. The third-order valence-corrected chi connectivity index (χ3v) is 4.77. The first-order valence-corrected chi connectivity index (χ1v) is 8.62. The lowest BCUT2D eigenvalue weighted by molar-refractivity contribution is 0.0632. The van der Waals surface area contributed by atoms with Gasteiger partial charge in [-0.25, -0.2) is 4.79 Å². The van der Waals surface area contributed by atoms with Gasteiger partial charge in [-0.1, -0.05) is 25.7 Å². The molecule has 0 aromatic carbocycles. The van der Waals surface area contributed by atoms with E-state index in [0.29, 0.717) is 38.0 Å². The van der Waals surface area contributed by atoms with Crippen LogP contribution in [0.4, 0.5) is 4.79 Å². The van der Waals surface area contributed by atoms with Gasteiger partial charge < -0.3 is 19.5 Å². The van der Waals surface area contributed by atoms with Crippen LogP contribution >= 0.6 is 0 Å². The molecule has 0 bridgehead atoms. The van der Waals surface area contributed by atoms with E-state index in [0.717, 1.165) is 12.8 Å². The summed E-state index contributed by atoms with van der Waals surface area (Å²) in [6.45, 7) is 2.26. The summed E-state index contributed by atoms with van der Waals surface area (Å²) in [5, 5.41) is 3.17. The molecular formula is C17H25N3O3. The van der Waals surface area contributed by atoms with Crippen molar-refractivity contribution in [3.63, 3.8) is 0 Å². The van der Waals surface area contributed by atoms with E-state index in [1.54, 1.807) is 17.0 Å². The molecule has 1 aromatic heterocycles. The van der Waals surface area contributed by atoms with Gasteiger partial charge in [0.05, 0.1) is 6.26 Å². The largest absolute Gasteiger partial charge is 0.459 e. The average molecular weight is 319 g/mol. The molecule has 0 unspecified atom stereocenters. The molecule has 6 heteroatoms. The lowest BCUT2D eigenvalue weighted by Crippen LogP contribution is -2.54. The fraction of sp³-hybridized carbons (Fsp3) is 0.647. The topological polar surface area (TPSA) is 65.8 Å². The van der Waals surface area contributed by atoms with Gasteiger partial charge in [-0.05, 0) is 25.0 Å². The van der Waals surface area contributed by atoms with Crippen molar-refractivity contribution in [1.82, 2.24) is 15.1 Å². The maximum Gasteiger partial charge on any atom is 0.317 e. The Labute approximate surface area is 136 Å². The Balaban J connectivity index is 1.46. The van der Waals surface area contributed by atoms with Crippen LogP contribution in [0.25, 0.3) is 0 Å². The number of carbonyl (C=O) groups excluding carboxylic acids is 2. The quantitative estimate of drug-likeness (QED) is 0.852. The molecule has 2 aliphatic rings.